The van der Waals surface area contributed by atoms with E-state index < -0.39 is 15.9 Å². The van der Waals surface area contributed by atoms with Crippen LogP contribution in [-0.2, 0) is 14.8 Å². The van der Waals surface area contributed by atoms with Gasteiger partial charge >= 0.3 is 0 Å². The predicted octanol–water partition coefficient (Wildman–Crippen LogP) is 4.03. The second-order valence-electron chi connectivity index (χ2n) is 8.82. The number of nitrogens with one attached hydrogen (secondary N) is 1. The molecule has 0 unspecified atom stereocenters. The summed E-state index contributed by atoms with van der Waals surface area (Å²) >= 11 is 0. The summed E-state index contributed by atoms with van der Waals surface area (Å²) in [7, 11) is -3.71. The lowest BCUT2D eigenvalue weighted by Gasteiger charge is -2.26. The summed E-state index contributed by atoms with van der Waals surface area (Å²) in [5.41, 5.74) is 3.90. The number of carbonyl (C=O) groups is 2. The summed E-state index contributed by atoms with van der Waals surface area (Å²) in [4.78, 5) is 28.0. The van der Waals surface area contributed by atoms with E-state index in [0.29, 0.717) is 30.0 Å². The van der Waals surface area contributed by atoms with Crippen LogP contribution in [0.25, 0.3) is 0 Å². The van der Waals surface area contributed by atoms with Crippen LogP contribution >= 0.6 is 0 Å². The van der Waals surface area contributed by atoms with Crippen molar-refractivity contribution in [1.82, 2.24) is 4.90 Å². The molecule has 0 aliphatic carbocycles. The van der Waals surface area contributed by atoms with Gasteiger partial charge < -0.3 is 10.2 Å². The Hall–Kier alpha value is -2.87. The summed E-state index contributed by atoms with van der Waals surface area (Å²) in [6.45, 7) is 6.64. The van der Waals surface area contributed by atoms with Gasteiger partial charge in [0.25, 0.3) is 5.91 Å². The third-order valence-corrected chi connectivity index (χ3v) is 7.01. The van der Waals surface area contributed by atoms with Gasteiger partial charge in [0, 0.05) is 13.1 Å². The molecule has 3 rings (SSSR count). The summed E-state index contributed by atoms with van der Waals surface area (Å²) in [6.07, 6.45) is 5.26. The van der Waals surface area contributed by atoms with E-state index >= 15 is 0 Å². The van der Waals surface area contributed by atoms with Crippen molar-refractivity contribution < 1.29 is 18.0 Å². The molecular formula is C25H33N3O4S. The first kappa shape index (κ1) is 24.8. The number of para-hydroxylation sites is 1. The third-order valence-electron chi connectivity index (χ3n) is 5.90. The van der Waals surface area contributed by atoms with Gasteiger partial charge in [-0.2, -0.15) is 0 Å². The maximum atomic E-state index is 13.1. The lowest BCUT2D eigenvalue weighted by molar-refractivity contribution is -0.114. The number of anilines is 2. The lowest BCUT2D eigenvalue weighted by atomic mass is 10.1. The van der Waals surface area contributed by atoms with E-state index in [1.807, 2.05) is 37.8 Å². The second-order valence-corrected chi connectivity index (χ2v) is 10.7. The highest BCUT2D eigenvalue weighted by Gasteiger charge is 2.26. The number of likely N-dealkylation sites (tertiary alicyclic amines) is 1. The Morgan fingerprint density at radius 3 is 2.12 bits per heavy atom. The molecular weight excluding hydrogens is 438 g/mol. The smallest absolute Gasteiger partial charge is 0.255 e. The molecule has 0 bridgehead atoms. The van der Waals surface area contributed by atoms with Crippen LogP contribution in [0.1, 0.15) is 52.7 Å². The Morgan fingerprint density at radius 2 is 1.55 bits per heavy atom. The van der Waals surface area contributed by atoms with Gasteiger partial charge in [-0.05, 0) is 56.9 Å². The fraction of sp³-hybridized carbons (Fsp3) is 0.440. The van der Waals surface area contributed by atoms with Crippen molar-refractivity contribution in [3.05, 3.63) is 58.7 Å². The summed E-state index contributed by atoms with van der Waals surface area (Å²) in [5.74, 6) is -0.617. The number of amides is 2. The number of carbonyl (C=O) groups excluding carboxylic acids is 2. The SMILES string of the molecule is Cc1cc(C)c(N(CC(=O)Nc2ccccc2C(=O)N2CCCCCC2)S(C)(=O)=O)c(C)c1. The van der Waals surface area contributed by atoms with Crippen LogP contribution in [0.4, 0.5) is 11.4 Å². The van der Waals surface area contributed by atoms with E-state index in [2.05, 4.69) is 5.32 Å². The molecule has 0 saturated carbocycles. The Labute approximate surface area is 196 Å². The standard InChI is InChI=1S/C25H33N3O4S/c1-18-15-19(2)24(20(3)16-18)28(33(4,31)32)17-23(29)26-22-12-8-7-11-21(22)25(30)27-13-9-5-6-10-14-27/h7-8,11-12,15-16H,5-6,9-10,13-14,17H2,1-4H3,(H,26,29). The van der Waals surface area contributed by atoms with Gasteiger partial charge in [-0.1, -0.05) is 42.7 Å². The number of hydrogen-bond donors (Lipinski definition) is 1. The summed E-state index contributed by atoms with van der Waals surface area (Å²) in [5, 5.41) is 2.78. The highest BCUT2D eigenvalue weighted by Crippen LogP contribution is 2.28. The minimum absolute atomic E-state index is 0.113. The maximum absolute atomic E-state index is 13.1. The van der Waals surface area contributed by atoms with Gasteiger partial charge in [-0.3, -0.25) is 13.9 Å². The van der Waals surface area contributed by atoms with Gasteiger partial charge in [0.2, 0.25) is 15.9 Å². The average Bonchev–Trinajstić information content (AvgIpc) is 3.01. The van der Waals surface area contributed by atoms with Crippen molar-refractivity contribution in [3.63, 3.8) is 0 Å². The van der Waals surface area contributed by atoms with Crippen LogP contribution in [0.3, 0.4) is 0 Å². The van der Waals surface area contributed by atoms with Crippen molar-refractivity contribution in [3.8, 4) is 0 Å². The number of sulfonamides is 1. The van der Waals surface area contributed by atoms with Crippen molar-refractivity contribution in [1.29, 1.82) is 0 Å². The van der Waals surface area contributed by atoms with Crippen LogP contribution in [0.2, 0.25) is 0 Å². The zero-order valence-electron chi connectivity index (χ0n) is 19.8. The highest BCUT2D eigenvalue weighted by atomic mass is 32.2. The maximum Gasteiger partial charge on any atom is 0.255 e. The van der Waals surface area contributed by atoms with E-state index in [0.717, 1.165) is 52.9 Å². The van der Waals surface area contributed by atoms with Gasteiger partial charge in [0.05, 0.1) is 23.2 Å². The second kappa shape index (κ2) is 10.4. The molecule has 1 saturated heterocycles. The molecule has 1 aliphatic rings. The molecule has 7 nitrogen and oxygen atoms in total. The Kier molecular flexibility index (Phi) is 7.79. The zero-order valence-corrected chi connectivity index (χ0v) is 20.7. The molecule has 178 valence electrons. The molecule has 1 fully saturated rings. The van der Waals surface area contributed by atoms with Crippen molar-refractivity contribution in [2.75, 3.05) is 35.5 Å². The Morgan fingerprint density at radius 1 is 0.970 bits per heavy atom. The Bertz CT molecular complexity index is 1110. The summed E-state index contributed by atoms with van der Waals surface area (Å²) in [6, 6.07) is 10.7. The lowest BCUT2D eigenvalue weighted by Crippen LogP contribution is -2.39. The molecule has 1 heterocycles. The molecule has 0 aromatic heterocycles. The first-order chi connectivity index (χ1) is 15.6. The monoisotopic (exact) mass is 471 g/mol. The van der Waals surface area contributed by atoms with Crippen LogP contribution in [0, 0.1) is 20.8 Å². The van der Waals surface area contributed by atoms with Crippen LogP contribution in [0.5, 0.6) is 0 Å². The first-order valence-electron chi connectivity index (χ1n) is 11.3. The average molecular weight is 472 g/mol. The van der Waals surface area contributed by atoms with E-state index in [4.69, 9.17) is 0 Å². The molecule has 0 atom stereocenters. The van der Waals surface area contributed by atoms with E-state index in [1.165, 1.54) is 0 Å². The van der Waals surface area contributed by atoms with E-state index in [9.17, 15) is 18.0 Å². The largest absolute Gasteiger partial charge is 0.339 e. The van der Waals surface area contributed by atoms with Gasteiger partial charge in [0.15, 0.2) is 0 Å². The van der Waals surface area contributed by atoms with E-state index in [-0.39, 0.29) is 12.5 Å². The minimum Gasteiger partial charge on any atom is -0.339 e. The Balaban J connectivity index is 1.84. The van der Waals surface area contributed by atoms with Crippen LogP contribution in [-0.4, -0.2) is 51.0 Å². The summed E-state index contributed by atoms with van der Waals surface area (Å²) < 4.78 is 26.3. The number of benzene rings is 2. The number of nitrogens with zero attached hydrogens (tertiary/aromatic N) is 2. The quantitative estimate of drug-likeness (QED) is 0.689. The number of hydrogen-bond acceptors (Lipinski definition) is 4. The van der Waals surface area contributed by atoms with Crippen molar-refractivity contribution in [2.45, 2.75) is 46.5 Å². The normalized spacial score (nSPS) is 14.5. The first-order valence-corrected chi connectivity index (χ1v) is 13.2. The highest BCUT2D eigenvalue weighted by molar-refractivity contribution is 7.92. The predicted molar refractivity (Wildman–Crippen MR) is 132 cm³/mol. The molecule has 2 aromatic carbocycles. The molecule has 1 aliphatic heterocycles. The zero-order chi connectivity index (χ0) is 24.2. The molecule has 2 aromatic rings. The third kappa shape index (κ3) is 6.13. The van der Waals surface area contributed by atoms with Crippen LogP contribution in [0.15, 0.2) is 36.4 Å². The van der Waals surface area contributed by atoms with Gasteiger partial charge in [-0.15, -0.1) is 0 Å². The molecule has 0 radical (unpaired) electrons. The molecule has 0 spiro atoms. The van der Waals surface area contributed by atoms with E-state index in [1.54, 1.807) is 24.3 Å². The number of rotatable bonds is 6. The fourth-order valence-corrected chi connectivity index (χ4v) is 5.44. The minimum atomic E-state index is -3.71. The fourth-order valence-electron chi connectivity index (χ4n) is 4.47. The number of aryl methyl sites for hydroxylation is 3. The molecule has 1 N–H and O–H groups in total. The molecule has 2 amide bonds. The topological polar surface area (TPSA) is 86.8 Å². The van der Waals surface area contributed by atoms with Crippen LogP contribution < -0.4 is 9.62 Å². The van der Waals surface area contributed by atoms with Gasteiger partial charge in [-0.25, -0.2) is 8.42 Å². The van der Waals surface area contributed by atoms with Crippen molar-refractivity contribution in [2.24, 2.45) is 0 Å². The molecule has 33 heavy (non-hydrogen) atoms. The van der Waals surface area contributed by atoms with Gasteiger partial charge in [0.1, 0.15) is 6.54 Å². The van der Waals surface area contributed by atoms with Crippen molar-refractivity contribution >= 4 is 33.2 Å². The molecule has 8 heteroatoms.